The summed E-state index contributed by atoms with van der Waals surface area (Å²) < 4.78 is 11.7. The number of hydrogen-bond donors (Lipinski definition) is 1. The molecule has 0 saturated heterocycles. The van der Waals surface area contributed by atoms with Crippen LogP contribution in [0.1, 0.15) is 46.1 Å². The molecule has 0 saturated carbocycles. The SMILES string of the molecule is CC(C)COc1ccc(NCC(C)Oc2ccc(C(C)C)cc2)cc1. The summed E-state index contributed by atoms with van der Waals surface area (Å²) in [5, 5.41) is 3.41. The zero-order valence-corrected chi connectivity index (χ0v) is 16.1. The number of anilines is 1. The van der Waals surface area contributed by atoms with Crippen molar-refractivity contribution in [1.82, 2.24) is 0 Å². The van der Waals surface area contributed by atoms with Crippen molar-refractivity contribution in [2.75, 3.05) is 18.5 Å². The molecule has 0 fully saturated rings. The first-order valence-corrected chi connectivity index (χ1v) is 9.17. The minimum absolute atomic E-state index is 0.0850. The van der Waals surface area contributed by atoms with Crippen LogP contribution in [0.15, 0.2) is 48.5 Å². The van der Waals surface area contributed by atoms with Gasteiger partial charge in [0.05, 0.1) is 13.2 Å². The van der Waals surface area contributed by atoms with Crippen molar-refractivity contribution >= 4 is 5.69 Å². The summed E-state index contributed by atoms with van der Waals surface area (Å²) in [6, 6.07) is 16.5. The molecular weight excluding hydrogens is 310 g/mol. The Labute approximate surface area is 152 Å². The van der Waals surface area contributed by atoms with Gasteiger partial charge in [-0.15, -0.1) is 0 Å². The van der Waals surface area contributed by atoms with Gasteiger partial charge in [-0.25, -0.2) is 0 Å². The first-order valence-electron chi connectivity index (χ1n) is 9.17. The molecule has 136 valence electrons. The van der Waals surface area contributed by atoms with Crippen LogP contribution in [-0.2, 0) is 0 Å². The summed E-state index contributed by atoms with van der Waals surface area (Å²) in [6.45, 7) is 12.2. The smallest absolute Gasteiger partial charge is 0.119 e. The summed E-state index contributed by atoms with van der Waals surface area (Å²) in [5.41, 5.74) is 2.40. The molecule has 0 spiro atoms. The summed E-state index contributed by atoms with van der Waals surface area (Å²) in [4.78, 5) is 0. The van der Waals surface area contributed by atoms with Crippen LogP contribution in [-0.4, -0.2) is 19.3 Å². The van der Waals surface area contributed by atoms with Crippen molar-refractivity contribution in [3.05, 3.63) is 54.1 Å². The highest BCUT2D eigenvalue weighted by Crippen LogP contribution is 2.20. The average Bonchev–Trinajstić information content (AvgIpc) is 2.59. The molecule has 0 aliphatic carbocycles. The van der Waals surface area contributed by atoms with E-state index >= 15 is 0 Å². The van der Waals surface area contributed by atoms with Crippen LogP contribution in [0.5, 0.6) is 11.5 Å². The maximum atomic E-state index is 5.97. The molecule has 1 unspecified atom stereocenters. The second-order valence-corrected chi connectivity index (χ2v) is 7.26. The van der Waals surface area contributed by atoms with E-state index in [1.807, 2.05) is 36.4 Å². The Bertz CT molecular complexity index is 617. The lowest BCUT2D eigenvalue weighted by Crippen LogP contribution is -2.22. The lowest BCUT2D eigenvalue weighted by atomic mass is 10.0. The molecule has 0 aliphatic heterocycles. The quantitative estimate of drug-likeness (QED) is 0.632. The number of hydrogen-bond acceptors (Lipinski definition) is 3. The second kappa shape index (κ2) is 9.36. The minimum Gasteiger partial charge on any atom is -0.493 e. The first kappa shape index (κ1) is 19.2. The van der Waals surface area contributed by atoms with E-state index in [0.717, 1.165) is 30.3 Å². The van der Waals surface area contributed by atoms with Gasteiger partial charge in [0.25, 0.3) is 0 Å². The normalized spacial score (nSPS) is 12.3. The van der Waals surface area contributed by atoms with Crippen molar-refractivity contribution in [1.29, 1.82) is 0 Å². The van der Waals surface area contributed by atoms with Crippen molar-refractivity contribution in [2.24, 2.45) is 5.92 Å². The van der Waals surface area contributed by atoms with Gasteiger partial charge in [0.1, 0.15) is 17.6 Å². The van der Waals surface area contributed by atoms with Crippen LogP contribution in [0, 0.1) is 5.92 Å². The van der Waals surface area contributed by atoms with E-state index in [4.69, 9.17) is 9.47 Å². The van der Waals surface area contributed by atoms with Crippen molar-refractivity contribution < 1.29 is 9.47 Å². The van der Waals surface area contributed by atoms with Crippen LogP contribution >= 0.6 is 0 Å². The Hall–Kier alpha value is -2.16. The van der Waals surface area contributed by atoms with Crippen molar-refractivity contribution in [3.8, 4) is 11.5 Å². The van der Waals surface area contributed by atoms with Crippen molar-refractivity contribution in [2.45, 2.75) is 46.6 Å². The van der Waals surface area contributed by atoms with E-state index in [9.17, 15) is 0 Å². The second-order valence-electron chi connectivity index (χ2n) is 7.26. The number of ether oxygens (including phenoxy) is 2. The number of nitrogens with one attached hydrogen (secondary N) is 1. The van der Waals surface area contributed by atoms with Crippen LogP contribution in [0.4, 0.5) is 5.69 Å². The summed E-state index contributed by atoms with van der Waals surface area (Å²) >= 11 is 0. The zero-order valence-electron chi connectivity index (χ0n) is 16.1. The Kier molecular flexibility index (Phi) is 7.17. The molecular formula is C22H31NO2. The van der Waals surface area contributed by atoms with Crippen LogP contribution in [0.25, 0.3) is 0 Å². The van der Waals surface area contributed by atoms with Gasteiger partial charge in [-0.1, -0.05) is 39.8 Å². The molecule has 1 atom stereocenters. The topological polar surface area (TPSA) is 30.5 Å². The van der Waals surface area contributed by atoms with Gasteiger partial charge in [-0.2, -0.15) is 0 Å². The predicted octanol–water partition coefficient (Wildman–Crippen LogP) is 5.72. The fourth-order valence-electron chi connectivity index (χ4n) is 2.40. The Morgan fingerprint density at radius 1 is 0.800 bits per heavy atom. The molecule has 0 bridgehead atoms. The summed E-state index contributed by atoms with van der Waals surface area (Å²) in [5.74, 6) is 2.90. The maximum Gasteiger partial charge on any atom is 0.119 e. The van der Waals surface area contributed by atoms with Gasteiger partial charge in [-0.05, 0) is 60.7 Å². The predicted molar refractivity (Wildman–Crippen MR) is 106 cm³/mol. The monoisotopic (exact) mass is 341 g/mol. The molecule has 0 aromatic heterocycles. The molecule has 0 amide bonds. The van der Waals surface area contributed by atoms with Gasteiger partial charge in [0.15, 0.2) is 0 Å². The number of rotatable bonds is 9. The average molecular weight is 341 g/mol. The highest BCUT2D eigenvalue weighted by atomic mass is 16.5. The van der Waals surface area contributed by atoms with E-state index in [1.54, 1.807) is 0 Å². The third-order valence-electron chi connectivity index (χ3n) is 3.92. The van der Waals surface area contributed by atoms with Crippen LogP contribution in [0.3, 0.4) is 0 Å². The Morgan fingerprint density at radius 3 is 1.96 bits per heavy atom. The van der Waals surface area contributed by atoms with E-state index in [0.29, 0.717) is 11.8 Å². The molecule has 1 N–H and O–H groups in total. The maximum absolute atomic E-state index is 5.97. The van der Waals surface area contributed by atoms with Gasteiger partial charge in [-0.3, -0.25) is 0 Å². The summed E-state index contributed by atoms with van der Waals surface area (Å²) in [6.07, 6.45) is 0.0850. The third kappa shape index (κ3) is 6.69. The van der Waals surface area contributed by atoms with Gasteiger partial charge in [0, 0.05) is 5.69 Å². The van der Waals surface area contributed by atoms with E-state index < -0.39 is 0 Å². The first-order chi connectivity index (χ1) is 11.9. The van der Waals surface area contributed by atoms with E-state index in [2.05, 4.69) is 52.1 Å². The Morgan fingerprint density at radius 2 is 1.40 bits per heavy atom. The molecule has 3 nitrogen and oxygen atoms in total. The molecule has 3 heteroatoms. The third-order valence-corrected chi connectivity index (χ3v) is 3.92. The van der Waals surface area contributed by atoms with E-state index in [1.165, 1.54) is 5.56 Å². The zero-order chi connectivity index (χ0) is 18.2. The highest BCUT2D eigenvalue weighted by molar-refractivity contribution is 5.46. The minimum atomic E-state index is 0.0850. The molecule has 25 heavy (non-hydrogen) atoms. The fraction of sp³-hybridized carbons (Fsp3) is 0.455. The van der Waals surface area contributed by atoms with Crippen molar-refractivity contribution in [3.63, 3.8) is 0 Å². The van der Waals surface area contributed by atoms with Crippen LogP contribution < -0.4 is 14.8 Å². The molecule has 2 aromatic rings. The number of benzene rings is 2. The van der Waals surface area contributed by atoms with Gasteiger partial charge >= 0.3 is 0 Å². The van der Waals surface area contributed by atoms with Gasteiger partial charge < -0.3 is 14.8 Å². The highest BCUT2D eigenvalue weighted by Gasteiger charge is 2.06. The lowest BCUT2D eigenvalue weighted by Gasteiger charge is -2.17. The largest absolute Gasteiger partial charge is 0.493 e. The molecule has 2 aromatic carbocycles. The Balaban J connectivity index is 1.78. The van der Waals surface area contributed by atoms with Gasteiger partial charge in [0.2, 0.25) is 0 Å². The molecule has 2 rings (SSSR count). The summed E-state index contributed by atoms with van der Waals surface area (Å²) in [7, 11) is 0. The fourth-order valence-corrected chi connectivity index (χ4v) is 2.40. The van der Waals surface area contributed by atoms with Crippen LogP contribution in [0.2, 0.25) is 0 Å². The lowest BCUT2D eigenvalue weighted by molar-refractivity contribution is 0.234. The molecule has 0 aliphatic rings. The van der Waals surface area contributed by atoms with E-state index in [-0.39, 0.29) is 6.10 Å². The molecule has 0 heterocycles. The standard InChI is InChI=1S/C22H31NO2/c1-16(2)15-24-21-12-8-20(9-13-21)23-14-18(5)25-22-10-6-19(7-11-22)17(3)4/h6-13,16-18,23H,14-15H2,1-5H3. The molecule has 0 radical (unpaired) electrons.